The number of aliphatic hydroxyl groups is 1. The van der Waals surface area contributed by atoms with Gasteiger partial charge in [0.1, 0.15) is 22.0 Å². The predicted molar refractivity (Wildman–Crippen MR) is 122 cm³/mol. The summed E-state index contributed by atoms with van der Waals surface area (Å²) in [5.41, 5.74) is 0.540. The first-order valence-corrected chi connectivity index (χ1v) is 11.0. The molecule has 2 aliphatic heterocycles. The van der Waals surface area contributed by atoms with E-state index in [4.69, 9.17) is 0 Å². The molecule has 9 nitrogen and oxygen atoms in total. The van der Waals surface area contributed by atoms with Crippen LogP contribution in [0.15, 0.2) is 52.2 Å². The number of benzene rings is 1. The fourth-order valence-electron chi connectivity index (χ4n) is 4.57. The van der Waals surface area contributed by atoms with Gasteiger partial charge in [0.25, 0.3) is 0 Å². The van der Waals surface area contributed by atoms with E-state index in [9.17, 15) is 19.1 Å². The van der Waals surface area contributed by atoms with Gasteiger partial charge in [0.05, 0.1) is 5.39 Å². The van der Waals surface area contributed by atoms with Crippen LogP contribution < -0.4 is 15.8 Å². The fourth-order valence-corrected chi connectivity index (χ4v) is 4.57. The fraction of sp³-hybridized carbons (Fsp3) is 0.348. The number of nitrogens with zero attached hydrogens (tertiary/aromatic N) is 5. The van der Waals surface area contributed by atoms with Crippen molar-refractivity contribution in [1.29, 1.82) is 0 Å². The zero-order valence-electron chi connectivity index (χ0n) is 18.1. The smallest absolute Gasteiger partial charge is 0.232 e. The Hall–Kier alpha value is -3.50. The molecule has 0 bridgehead atoms. The van der Waals surface area contributed by atoms with Gasteiger partial charge in [-0.05, 0) is 42.8 Å². The van der Waals surface area contributed by atoms with E-state index in [0.717, 1.165) is 44.8 Å². The van der Waals surface area contributed by atoms with Crippen LogP contribution in [0.4, 0.5) is 10.1 Å². The lowest BCUT2D eigenvalue weighted by Crippen LogP contribution is -2.46. The number of rotatable bonds is 6. The van der Waals surface area contributed by atoms with Gasteiger partial charge in [0.15, 0.2) is 6.73 Å². The van der Waals surface area contributed by atoms with Crippen LogP contribution in [0.1, 0.15) is 6.42 Å². The van der Waals surface area contributed by atoms with E-state index in [1.54, 1.807) is 28.9 Å². The zero-order chi connectivity index (χ0) is 22.9. The summed E-state index contributed by atoms with van der Waals surface area (Å²) >= 11 is 0. The number of piperazine rings is 1. The highest BCUT2D eigenvalue weighted by molar-refractivity contribution is 5.77. The van der Waals surface area contributed by atoms with Crippen molar-refractivity contribution < 1.29 is 9.50 Å². The average molecular weight is 452 g/mol. The highest BCUT2D eigenvalue weighted by atomic mass is 19.1. The molecule has 0 saturated carbocycles. The quantitative estimate of drug-likeness (QED) is 0.451. The van der Waals surface area contributed by atoms with Gasteiger partial charge in [-0.3, -0.25) is 29.3 Å². The molecule has 1 saturated heterocycles. The zero-order valence-corrected chi connectivity index (χ0v) is 18.1. The van der Waals surface area contributed by atoms with Crippen molar-refractivity contribution in [3.05, 3.63) is 79.6 Å². The van der Waals surface area contributed by atoms with Crippen molar-refractivity contribution >= 4 is 16.6 Å². The lowest BCUT2D eigenvalue weighted by atomic mass is 10.2. The molecule has 33 heavy (non-hydrogen) atoms. The van der Waals surface area contributed by atoms with Crippen LogP contribution >= 0.6 is 0 Å². The van der Waals surface area contributed by atoms with Crippen LogP contribution in [-0.2, 0) is 13.3 Å². The van der Waals surface area contributed by atoms with Crippen LogP contribution in [0.3, 0.4) is 0 Å². The largest absolute Gasteiger partial charge is 0.373 e. The highest BCUT2D eigenvalue weighted by Gasteiger charge is 2.18. The van der Waals surface area contributed by atoms with Crippen molar-refractivity contribution in [3.63, 3.8) is 0 Å². The number of aromatic amines is 1. The van der Waals surface area contributed by atoms with Crippen molar-refractivity contribution in [3.8, 4) is 0 Å². The minimum Gasteiger partial charge on any atom is -0.373 e. The molecule has 0 amide bonds. The second-order valence-electron chi connectivity index (χ2n) is 8.22. The molecular formula is C23H25FN6O3. The third-order valence-corrected chi connectivity index (χ3v) is 6.28. The van der Waals surface area contributed by atoms with Gasteiger partial charge in [-0.1, -0.05) is 0 Å². The number of pyridine rings is 1. The Morgan fingerprint density at radius 3 is 2.48 bits per heavy atom. The van der Waals surface area contributed by atoms with Gasteiger partial charge in [-0.25, -0.2) is 9.19 Å². The second-order valence-corrected chi connectivity index (χ2v) is 8.22. The second kappa shape index (κ2) is 8.80. The molecule has 0 unspecified atom stereocenters. The third-order valence-electron chi connectivity index (χ3n) is 6.28. The van der Waals surface area contributed by atoms with Crippen molar-refractivity contribution in [2.24, 2.45) is 0 Å². The summed E-state index contributed by atoms with van der Waals surface area (Å²) < 4.78 is 14.8. The highest BCUT2D eigenvalue weighted by Crippen LogP contribution is 2.17. The summed E-state index contributed by atoms with van der Waals surface area (Å²) in [5, 5.41) is 13.4. The van der Waals surface area contributed by atoms with Gasteiger partial charge >= 0.3 is 0 Å². The van der Waals surface area contributed by atoms with E-state index >= 15 is 0 Å². The van der Waals surface area contributed by atoms with E-state index in [1.165, 1.54) is 23.1 Å². The summed E-state index contributed by atoms with van der Waals surface area (Å²) in [5.74, 6) is -0.235. The van der Waals surface area contributed by atoms with Crippen LogP contribution in [0, 0.1) is 16.5 Å². The number of anilines is 1. The maximum atomic E-state index is 13.2. The molecule has 172 valence electrons. The van der Waals surface area contributed by atoms with Gasteiger partial charge < -0.3 is 10.0 Å². The normalized spacial score (nSPS) is 15.0. The summed E-state index contributed by atoms with van der Waals surface area (Å²) in [4.78, 5) is 36.0. The van der Waals surface area contributed by atoms with Crippen LogP contribution in [0.25, 0.3) is 10.9 Å². The standard InChI is InChI=1S/C23H25FN6O3/c24-16-4-6-17(7-5-16)28-13-11-27(12-14-28)9-2-10-29-21-20(26-30(29)15-31)22(32)18-3-1-8-25-19(18)23(21)33/h1,3-8,26,31H,2,9-15H2. The molecule has 0 radical (unpaired) electrons. The number of aliphatic hydroxyl groups excluding tert-OH is 1. The lowest BCUT2D eigenvalue weighted by molar-refractivity contribution is 0.150. The van der Waals surface area contributed by atoms with E-state index in [2.05, 4.69) is 19.9 Å². The topological polar surface area (TPSA) is 99.4 Å². The molecule has 2 N–H and O–H groups in total. The summed E-state index contributed by atoms with van der Waals surface area (Å²) in [6, 6.07) is 9.78. The van der Waals surface area contributed by atoms with Gasteiger partial charge in [-0.15, -0.1) is 0 Å². The van der Waals surface area contributed by atoms with Crippen molar-refractivity contribution in [1.82, 2.24) is 24.5 Å². The van der Waals surface area contributed by atoms with Gasteiger partial charge in [0, 0.05) is 51.2 Å². The molecule has 0 spiro atoms. The van der Waals surface area contributed by atoms with E-state index < -0.39 is 0 Å². The molecule has 0 atom stereocenters. The molecule has 3 heterocycles. The Bertz CT molecular complexity index is 1450. The Kier molecular flexibility index (Phi) is 5.69. The molecule has 1 aromatic heterocycles. The number of hydrogen-bond donors (Lipinski definition) is 2. The Balaban J connectivity index is 1.31. The van der Waals surface area contributed by atoms with E-state index in [-0.39, 0.29) is 45.0 Å². The minimum absolute atomic E-state index is 0.143. The molecular weight excluding hydrogens is 427 g/mol. The third kappa shape index (κ3) is 3.91. The average Bonchev–Trinajstić information content (AvgIpc) is 3.22. The first-order chi connectivity index (χ1) is 16.1. The molecule has 1 aromatic carbocycles. The Labute approximate surface area is 187 Å². The molecule has 2 aromatic rings. The van der Waals surface area contributed by atoms with Crippen molar-refractivity contribution in [2.75, 3.05) is 37.6 Å². The first-order valence-electron chi connectivity index (χ1n) is 11.0. The van der Waals surface area contributed by atoms with Crippen molar-refractivity contribution in [2.45, 2.75) is 19.7 Å². The molecule has 1 fully saturated rings. The lowest BCUT2D eigenvalue weighted by Gasteiger charge is -2.36. The Morgan fingerprint density at radius 1 is 1.00 bits per heavy atom. The maximum absolute atomic E-state index is 13.2. The monoisotopic (exact) mass is 452 g/mol. The number of fused-ring (bicyclic) bond motifs is 1. The Morgan fingerprint density at radius 2 is 1.76 bits per heavy atom. The number of nitrogens with one attached hydrogen (secondary N) is 1. The maximum Gasteiger partial charge on any atom is 0.232 e. The molecule has 3 aliphatic rings. The summed E-state index contributed by atoms with van der Waals surface area (Å²) in [6.07, 6.45) is 2.24. The molecule has 1 aliphatic carbocycles. The summed E-state index contributed by atoms with van der Waals surface area (Å²) in [7, 11) is 0. The van der Waals surface area contributed by atoms with Crippen LogP contribution in [0.5, 0.6) is 0 Å². The molecule has 10 heteroatoms. The van der Waals surface area contributed by atoms with Crippen LogP contribution in [-0.4, -0.2) is 62.3 Å². The molecule has 5 rings (SSSR count). The number of aromatic nitrogens is 4. The van der Waals surface area contributed by atoms with Gasteiger partial charge in [-0.2, -0.15) is 0 Å². The number of hydrogen-bond acceptors (Lipinski definition) is 6. The number of H-pyrrole nitrogens is 1. The van der Waals surface area contributed by atoms with Crippen LogP contribution in [0.2, 0.25) is 0 Å². The van der Waals surface area contributed by atoms with E-state index in [1.807, 2.05) is 0 Å². The summed E-state index contributed by atoms with van der Waals surface area (Å²) in [6.45, 7) is 4.35. The van der Waals surface area contributed by atoms with Gasteiger partial charge in [0.2, 0.25) is 10.9 Å². The minimum atomic E-state index is -0.381. The predicted octanol–water partition coefficient (Wildman–Crippen LogP) is 0.912. The van der Waals surface area contributed by atoms with E-state index in [0.29, 0.717) is 6.54 Å². The first kappa shape index (κ1) is 21.4. The SMILES string of the molecule is O=c1c2[nH]n(CO)n(CCCN3CCN(c4ccc(F)cc4)CC3)c=2c(=O)c2ncccc12. The number of halogens is 1.